The van der Waals surface area contributed by atoms with Crippen LogP contribution in [-0.2, 0) is 0 Å². The zero-order chi connectivity index (χ0) is 0. The molecule has 0 saturated heterocycles. The van der Waals surface area contributed by atoms with Crippen LogP contribution in [0.5, 0.6) is 0 Å². The number of rotatable bonds is 0. The molecule has 0 aliphatic heterocycles. The standard InChI is InChI=1S/2ClH.6H2O.2Sr.2H/h2*1H;6*1H2;;;;/q;;;;;;;;2*+2;2*-1/p-2. The maximum atomic E-state index is 0. The molecule has 0 saturated carbocycles. The summed E-state index contributed by atoms with van der Waals surface area (Å²) in [5, 5.41) is 0. The third-order valence-electron chi connectivity index (χ3n) is 0. The van der Waals surface area contributed by atoms with Gasteiger partial charge in [0.1, 0.15) is 0 Å². The molecule has 6 nitrogen and oxygen atoms in total. The van der Waals surface area contributed by atoms with E-state index in [4.69, 9.17) is 0 Å². The molecular weight excluding hydrogens is 342 g/mol. The summed E-state index contributed by atoms with van der Waals surface area (Å²) < 4.78 is 0. The molecule has 0 heterocycles. The third-order valence-corrected chi connectivity index (χ3v) is 0. The SMILES string of the molecule is O.O.O.O.O.O.[Cl-].[Cl-].[H-].[H-].[Sr+2].[Sr+2]. The molecule has 0 aromatic rings. The predicted molar refractivity (Wildman–Crippen MR) is 35.4 cm³/mol. The average Bonchev–Trinajstić information content (AvgIpc) is 0. The molecule has 0 unspecified atom stereocenters. The summed E-state index contributed by atoms with van der Waals surface area (Å²) in [5.74, 6) is 0. The van der Waals surface area contributed by atoms with E-state index >= 15 is 0 Å². The second-order valence-electron chi connectivity index (χ2n) is 0. The molecule has 0 aromatic carbocycles. The van der Waals surface area contributed by atoms with Crippen LogP contribution in [0.3, 0.4) is 0 Å². The normalized spacial score (nSPS) is 0. The Morgan fingerprint density at radius 1 is 0.400 bits per heavy atom. The second kappa shape index (κ2) is 144. The molecule has 68 valence electrons. The van der Waals surface area contributed by atoms with Crippen LogP contribution in [0.15, 0.2) is 0 Å². The Labute approximate surface area is 148 Å². The fourth-order valence-corrected chi connectivity index (χ4v) is 0. The van der Waals surface area contributed by atoms with E-state index in [2.05, 4.69) is 0 Å². The summed E-state index contributed by atoms with van der Waals surface area (Å²) in [4.78, 5) is 0. The van der Waals surface area contributed by atoms with Gasteiger partial charge in [0, 0.05) is 0 Å². The van der Waals surface area contributed by atoms with E-state index in [0.717, 1.165) is 0 Å². The molecule has 0 bridgehead atoms. The predicted octanol–water partition coefficient (Wildman–Crippen LogP) is -11.5. The van der Waals surface area contributed by atoms with E-state index in [9.17, 15) is 0 Å². The van der Waals surface area contributed by atoms with Crippen LogP contribution in [0.4, 0.5) is 0 Å². The minimum atomic E-state index is 0. The summed E-state index contributed by atoms with van der Waals surface area (Å²) >= 11 is 0. The van der Waals surface area contributed by atoms with Crippen molar-refractivity contribution in [3.63, 3.8) is 0 Å². The van der Waals surface area contributed by atoms with Gasteiger partial charge in [-0.1, -0.05) is 0 Å². The molecule has 0 radical (unpaired) electrons. The quantitative estimate of drug-likeness (QED) is 0.373. The van der Waals surface area contributed by atoms with Gasteiger partial charge in [-0.2, -0.15) is 0 Å². The van der Waals surface area contributed by atoms with Gasteiger partial charge in [-0.15, -0.1) is 0 Å². The molecule has 0 aliphatic carbocycles. The second-order valence-corrected chi connectivity index (χ2v) is 0. The van der Waals surface area contributed by atoms with Crippen molar-refractivity contribution in [3.05, 3.63) is 0 Å². The van der Waals surface area contributed by atoms with Crippen molar-refractivity contribution < 1.29 is 60.5 Å². The van der Waals surface area contributed by atoms with E-state index in [1.165, 1.54) is 0 Å². The van der Waals surface area contributed by atoms with Gasteiger partial charge < -0.3 is 60.5 Å². The van der Waals surface area contributed by atoms with E-state index < -0.39 is 0 Å². The van der Waals surface area contributed by atoms with E-state index in [-0.39, 0.29) is 151 Å². The van der Waals surface area contributed by atoms with Crippen molar-refractivity contribution in [2.45, 2.75) is 0 Å². The average molecular weight is 356 g/mol. The maximum Gasteiger partial charge on any atom is 2.00 e. The Morgan fingerprint density at radius 2 is 0.400 bits per heavy atom. The van der Waals surface area contributed by atoms with Gasteiger partial charge >= 0.3 is 91.0 Å². The van der Waals surface area contributed by atoms with Crippen molar-refractivity contribution in [1.82, 2.24) is 0 Å². The van der Waals surface area contributed by atoms with Crippen LogP contribution in [0.1, 0.15) is 2.85 Å². The van der Waals surface area contributed by atoms with Crippen LogP contribution in [0.2, 0.25) is 0 Å². The number of hydrogen-bond donors (Lipinski definition) is 0. The van der Waals surface area contributed by atoms with E-state index in [1.807, 2.05) is 0 Å². The van der Waals surface area contributed by atoms with Crippen LogP contribution < -0.4 is 24.8 Å². The largest absolute Gasteiger partial charge is 2.00 e. The first-order chi connectivity index (χ1) is 0. The third kappa shape index (κ3) is 110. The Hall–Kier alpha value is 3.30. The fourth-order valence-electron chi connectivity index (χ4n) is 0. The Kier molecular flexibility index (Phi) is 2660. The van der Waals surface area contributed by atoms with Gasteiger partial charge in [-0.25, -0.2) is 0 Å². The first-order valence-corrected chi connectivity index (χ1v) is 0. The summed E-state index contributed by atoms with van der Waals surface area (Å²) in [7, 11) is 0. The molecule has 0 rings (SSSR count). The molecular formula is H14Cl2O6Sr2. The molecule has 0 spiro atoms. The first kappa shape index (κ1) is 185. The van der Waals surface area contributed by atoms with E-state index in [0.29, 0.717) is 0 Å². The monoisotopic (exact) mass is 356 g/mol. The van der Waals surface area contributed by atoms with Crippen molar-refractivity contribution >= 4 is 91.0 Å². The summed E-state index contributed by atoms with van der Waals surface area (Å²) in [5.41, 5.74) is 0. The Morgan fingerprint density at radius 3 is 0.400 bits per heavy atom. The Balaban J connectivity index is 0. The van der Waals surface area contributed by atoms with Crippen molar-refractivity contribution in [2.75, 3.05) is 0 Å². The number of halogens is 2. The maximum absolute atomic E-state index is 0. The molecule has 10 heavy (non-hydrogen) atoms. The smallest absolute Gasteiger partial charge is 1.00 e. The first-order valence-electron chi connectivity index (χ1n) is 0. The van der Waals surface area contributed by atoms with Gasteiger partial charge in [-0.05, 0) is 0 Å². The minimum Gasteiger partial charge on any atom is -1.00 e. The molecule has 0 atom stereocenters. The van der Waals surface area contributed by atoms with Gasteiger partial charge in [0.25, 0.3) is 0 Å². The number of hydrogen-bond acceptors (Lipinski definition) is 0. The molecule has 0 fully saturated rings. The van der Waals surface area contributed by atoms with Crippen molar-refractivity contribution in [2.24, 2.45) is 0 Å². The zero-order valence-electron chi connectivity index (χ0n) is 7.17. The van der Waals surface area contributed by atoms with Gasteiger partial charge in [0.05, 0.1) is 0 Å². The molecule has 0 amide bonds. The van der Waals surface area contributed by atoms with Crippen LogP contribution in [-0.4, -0.2) is 124 Å². The molecule has 0 aliphatic rings. The van der Waals surface area contributed by atoms with Crippen molar-refractivity contribution in [1.29, 1.82) is 0 Å². The Bertz CT molecular complexity index is 21.5. The molecule has 0 aromatic heterocycles. The summed E-state index contributed by atoms with van der Waals surface area (Å²) in [6.45, 7) is 0. The van der Waals surface area contributed by atoms with Crippen molar-refractivity contribution in [3.8, 4) is 0 Å². The van der Waals surface area contributed by atoms with Crippen LogP contribution in [0, 0.1) is 0 Å². The zero-order valence-corrected chi connectivity index (χ0v) is 13.6. The van der Waals surface area contributed by atoms with Crippen LogP contribution >= 0.6 is 0 Å². The molecule has 10 heteroatoms. The summed E-state index contributed by atoms with van der Waals surface area (Å²) in [6.07, 6.45) is 0. The van der Waals surface area contributed by atoms with E-state index in [1.54, 1.807) is 0 Å². The van der Waals surface area contributed by atoms with Gasteiger partial charge in [0.15, 0.2) is 0 Å². The topological polar surface area (TPSA) is 189 Å². The fraction of sp³-hybridized carbons (Fsp3) is 0. The molecule has 12 N–H and O–H groups in total. The van der Waals surface area contributed by atoms with Gasteiger partial charge in [-0.3, -0.25) is 0 Å². The minimum absolute atomic E-state index is 0. The van der Waals surface area contributed by atoms with Crippen LogP contribution in [0.25, 0.3) is 0 Å². The van der Waals surface area contributed by atoms with Gasteiger partial charge in [0.2, 0.25) is 0 Å². The summed E-state index contributed by atoms with van der Waals surface area (Å²) in [6, 6.07) is 0.